The van der Waals surface area contributed by atoms with Crippen LogP contribution in [0.2, 0.25) is 0 Å². The zero-order chi connectivity index (χ0) is 9.68. The Morgan fingerprint density at radius 3 is 2.92 bits per heavy atom. The minimum atomic E-state index is 0.285. The van der Waals surface area contributed by atoms with Gasteiger partial charge in [0.1, 0.15) is 5.03 Å². The summed E-state index contributed by atoms with van der Waals surface area (Å²) in [4.78, 5) is 7.85. The highest BCUT2D eigenvalue weighted by atomic mass is 32.2. The highest BCUT2D eigenvalue weighted by Crippen LogP contribution is 2.23. The SMILES string of the molecule is CCCCSc1nc(N)ncc1N. The van der Waals surface area contributed by atoms with E-state index in [2.05, 4.69) is 16.9 Å². The van der Waals surface area contributed by atoms with E-state index in [9.17, 15) is 0 Å². The summed E-state index contributed by atoms with van der Waals surface area (Å²) in [6.45, 7) is 2.15. The maximum Gasteiger partial charge on any atom is 0.221 e. The lowest BCUT2D eigenvalue weighted by Crippen LogP contribution is -1.99. The van der Waals surface area contributed by atoms with Gasteiger partial charge in [0.15, 0.2) is 0 Å². The highest BCUT2D eigenvalue weighted by Gasteiger charge is 2.02. The zero-order valence-electron chi connectivity index (χ0n) is 7.66. The second-order valence-corrected chi connectivity index (χ2v) is 3.77. The summed E-state index contributed by atoms with van der Waals surface area (Å²) in [7, 11) is 0. The number of unbranched alkanes of at least 4 members (excludes halogenated alkanes) is 1. The fourth-order valence-corrected chi connectivity index (χ4v) is 1.82. The van der Waals surface area contributed by atoms with Crippen molar-refractivity contribution in [2.24, 2.45) is 0 Å². The molecule has 13 heavy (non-hydrogen) atoms. The molecule has 0 saturated heterocycles. The van der Waals surface area contributed by atoms with E-state index in [4.69, 9.17) is 11.5 Å². The van der Waals surface area contributed by atoms with E-state index in [1.165, 1.54) is 6.42 Å². The van der Waals surface area contributed by atoms with Crippen LogP contribution in [0.5, 0.6) is 0 Å². The van der Waals surface area contributed by atoms with Gasteiger partial charge in [-0.15, -0.1) is 11.8 Å². The van der Waals surface area contributed by atoms with Crippen molar-refractivity contribution >= 4 is 23.4 Å². The summed E-state index contributed by atoms with van der Waals surface area (Å²) in [5, 5.41) is 0.793. The zero-order valence-corrected chi connectivity index (χ0v) is 8.47. The molecule has 0 aromatic carbocycles. The van der Waals surface area contributed by atoms with E-state index in [1.807, 2.05) is 0 Å². The Labute approximate surface area is 82.1 Å². The van der Waals surface area contributed by atoms with E-state index < -0.39 is 0 Å². The molecule has 1 aromatic rings. The van der Waals surface area contributed by atoms with Crippen LogP contribution in [0, 0.1) is 0 Å². The smallest absolute Gasteiger partial charge is 0.221 e. The third-order valence-corrected chi connectivity index (χ3v) is 2.63. The van der Waals surface area contributed by atoms with Gasteiger partial charge in [0, 0.05) is 0 Å². The quantitative estimate of drug-likeness (QED) is 0.436. The van der Waals surface area contributed by atoms with E-state index >= 15 is 0 Å². The highest BCUT2D eigenvalue weighted by molar-refractivity contribution is 7.99. The first-order chi connectivity index (χ1) is 6.24. The standard InChI is InChI=1S/C8H14N4S/c1-2-3-4-13-7-6(9)5-11-8(10)12-7/h5H,2-4,9H2,1H3,(H2,10,11,12). The lowest BCUT2D eigenvalue weighted by molar-refractivity contribution is 0.894. The fraction of sp³-hybridized carbons (Fsp3) is 0.500. The summed E-state index contributed by atoms with van der Waals surface area (Å²) >= 11 is 1.63. The van der Waals surface area contributed by atoms with Crippen molar-refractivity contribution in [3.63, 3.8) is 0 Å². The number of hydrogen-bond donors (Lipinski definition) is 2. The second kappa shape index (κ2) is 4.91. The summed E-state index contributed by atoms with van der Waals surface area (Å²) in [6.07, 6.45) is 3.89. The third kappa shape index (κ3) is 3.10. The molecule has 4 nitrogen and oxygen atoms in total. The molecule has 1 aromatic heterocycles. The molecule has 0 bridgehead atoms. The molecular weight excluding hydrogens is 184 g/mol. The molecular formula is C8H14N4S. The molecule has 0 amide bonds. The van der Waals surface area contributed by atoms with E-state index in [0.717, 1.165) is 17.2 Å². The summed E-state index contributed by atoms with van der Waals surface area (Å²) < 4.78 is 0. The van der Waals surface area contributed by atoms with Crippen molar-refractivity contribution in [3.05, 3.63) is 6.20 Å². The number of thioether (sulfide) groups is 1. The number of anilines is 2. The van der Waals surface area contributed by atoms with Gasteiger partial charge in [-0.2, -0.15) is 0 Å². The van der Waals surface area contributed by atoms with Crippen molar-refractivity contribution in [1.82, 2.24) is 9.97 Å². The van der Waals surface area contributed by atoms with Crippen LogP contribution in [0.15, 0.2) is 11.2 Å². The van der Waals surface area contributed by atoms with Gasteiger partial charge >= 0.3 is 0 Å². The lowest BCUT2D eigenvalue weighted by Gasteiger charge is -2.03. The average molecular weight is 198 g/mol. The Balaban J connectivity index is 2.59. The predicted octanol–water partition coefficient (Wildman–Crippen LogP) is 1.53. The number of hydrogen-bond acceptors (Lipinski definition) is 5. The Morgan fingerprint density at radius 2 is 2.23 bits per heavy atom. The van der Waals surface area contributed by atoms with Crippen molar-refractivity contribution < 1.29 is 0 Å². The molecule has 0 spiro atoms. The van der Waals surface area contributed by atoms with E-state index in [1.54, 1.807) is 18.0 Å². The molecule has 0 unspecified atom stereocenters. The van der Waals surface area contributed by atoms with Crippen molar-refractivity contribution in [3.8, 4) is 0 Å². The van der Waals surface area contributed by atoms with Gasteiger partial charge in [-0.05, 0) is 12.2 Å². The minimum absolute atomic E-state index is 0.285. The summed E-state index contributed by atoms with van der Waals surface area (Å²) in [5.74, 6) is 1.31. The number of aromatic nitrogens is 2. The Morgan fingerprint density at radius 1 is 1.46 bits per heavy atom. The molecule has 0 fully saturated rings. The van der Waals surface area contributed by atoms with Crippen LogP contribution in [0.4, 0.5) is 11.6 Å². The number of nitrogen functional groups attached to an aromatic ring is 2. The molecule has 0 saturated carbocycles. The molecule has 0 aliphatic carbocycles. The molecule has 0 aliphatic rings. The van der Waals surface area contributed by atoms with Gasteiger partial charge < -0.3 is 11.5 Å². The van der Waals surface area contributed by atoms with Gasteiger partial charge in [-0.25, -0.2) is 9.97 Å². The van der Waals surface area contributed by atoms with Crippen LogP contribution in [-0.2, 0) is 0 Å². The van der Waals surface area contributed by atoms with Crippen LogP contribution < -0.4 is 11.5 Å². The molecule has 1 heterocycles. The molecule has 5 heteroatoms. The third-order valence-electron chi connectivity index (χ3n) is 1.54. The van der Waals surface area contributed by atoms with Crippen LogP contribution in [0.25, 0.3) is 0 Å². The van der Waals surface area contributed by atoms with Crippen molar-refractivity contribution in [2.75, 3.05) is 17.2 Å². The Kier molecular flexibility index (Phi) is 3.82. The Hall–Kier alpha value is -0.970. The van der Waals surface area contributed by atoms with Gasteiger partial charge in [0.05, 0.1) is 11.9 Å². The number of nitrogens with two attached hydrogens (primary N) is 2. The summed E-state index contributed by atoms with van der Waals surface area (Å²) in [5.41, 5.74) is 11.7. The number of nitrogens with zero attached hydrogens (tertiary/aromatic N) is 2. The lowest BCUT2D eigenvalue weighted by atomic mass is 10.4. The minimum Gasteiger partial charge on any atom is -0.395 e. The van der Waals surface area contributed by atoms with Crippen LogP contribution in [0.1, 0.15) is 19.8 Å². The monoisotopic (exact) mass is 198 g/mol. The van der Waals surface area contributed by atoms with Gasteiger partial charge in [0.25, 0.3) is 0 Å². The van der Waals surface area contributed by atoms with Crippen LogP contribution in [-0.4, -0.2) is 15.7 Å². The maximum atomic E-state index is 5.67. The molecule has 0 atom stereocenters. The first-order valence-corrected chi connectivity index (χ1v) is 5.23. The van der Waals surface area contributed by atoms with Crippen molar-refractivity contribution in [2.45, 2.75) is 24.8 Å². The van der Waals surface area contributed by atoms with E-state index in [0.29, 0.717) is 5.69 Å². The first kappa shape index (κ1) is 10.1. The molecule has 0 radical (unpaired) electrons. The molecule has 72 valence electrons. The first-order valence-electron chi connectivity index (χ1n) is 4.24. The van der Waals surface area contributed by atoms with Crippen LogP contribution >= 0.6 is 11.8 Å². The molecule has 1 rings (SSSR count). The molecule has 0 aliphatic heterocycles. The predicted molar refractivity (Wildman–Crippen MR) is 56.5 cm³/mol. The van der Waals surface area contributed by atoms with Gasteiger partial charge in [-0.3, -0.25) is 0 Å². The normalized spacial score (nSPS) is 10.2. The number of rotatable bonds is 4. The van der Waals surface area contributed by atoms with Crippen LogP contribution in [0.3, 0.4) is 0 Å². The van der Waals surface area contributed by atoms with E-state index in [-0.39, 0.29) is 5.95 Å². The largest absolute Gasteiger partial charge is 0.395 e. The van der Waals surface area contributed by atoms with Gasteiger partial charge in [-0.1, -0.05) is 13.3 Å². The summed E-state index contributed by atoms with van der Waals surface area (Å²) in [6, 6.07) is 0. The molecule has 4 N–H and O–H groups in total. The fourth-order valence-electron chi connectivity index (χ4n) is 0.817. The Bertz CT molecular complexity index is 277. The maximum absolute atomic E-state index is 5.67. The second-order valence-electron chi connectivity index (χ2n) is 2.69. The van der Waals surface area contributed by atoms with Crippen molar-refractivity contribution in [1.29, 1.82) is 0 Å². The average Bonchev–Trinajstić information content (AvgIpc) is 2.11. The van der Waals surface area contributed by atoms with Gasteiger partial charge in [0.2, 0.25) is 5.95 Å². The topological polar surface area (TPSA) is 77.8 Å².